The number of amides is 2. The van der Waals surface area contributed by atoms with Crippen molar-refractivity contribution < 1.29 is 14.0 Å². The van der Waals surface area contributed by atoms with E-state index in [9.17, 15) is 14.0 Å². The number of nitrogens with two attached hydrogens (primary N) is 1. The zero-order valence-corrected chi connectivity index (χ0v) is 15.1. The molecule has 2 amide bonds. The Hall–Kier alpha value is -3.67. The van der Waals surface area contributed by atoms with Gasteiger partial charge in [0, 0.05) is 29.0 Å². The van der Waals surface area contributed by atoms with Gasteiger partial charge in [0.25, 0.3) is 5.91 Å². The maximum atomic E-state index is 13.0. The molecule has 0 fully saturated rings. The molecule has 0 saturated carbocycles. The first kappa shape index (κ1) is 19.1. The molecule has 0 bridgehead atoms. The highest BCUT2D eigenvalue weighted by Crippen LogP contribution is 2.15. The molecule has 0 atom stereocenters. The summed E-state index contributed by atoms with van der Waals surface area (Å²) in [6.07, 6.45) is 0.910. The number of aryl methyl sites for hydroxylation is 1. The van der Waals surface area contributed by atoms with E-state index in [1.807, 2.05) is 12.1 Å². The van der Waals surface area contributed by atoms with E-state index < -0.39 is 0 Å². The van der Waals surface area contributed by atoms with Crippen molar-refractivity contribution in [3.05, 3.63) is 89.7 Å². The number of carbonyl (C=O) groups is 2. The molecule has 0 aliphatic carbocycles. The molecule has 5 nitrogen and oxygen atoms in total. The number of nitrogens with one attached hydrogen (secondary N) is 2. The Morgan fingerprint density at radius 2 is 1.57 bits per heavy atom. The Balaban J connectivity index is 1.57. The van der Waals surface area contributed by atoms with Gasteiger partial charge in [-0.25, -0.2) is 4.39 Å². The first-order chi connectivity index (χ1) is 13.5. The highest BCUT2D eigenvalue weighted by atomic mass is 19.1. The fourth-order valence-corrected chi connectivity index (χ4v) is 2.64. The van der Waals surface area contributed by atoms with Gasteiger partial charge < -0.3 is 16.4 Å². The van der Waals surface area contributed by atoms with Crippen molar-refractivity contribution >= 4 is 28.9 Å². The van der Waals surface area contributed by atoms with Crippen LogP contribution < -0.4 is 16.4 Å². The van der Waals surface area contributed by atoms with Crippen LogP contribution in [0, 0.1) is 5.82 Å². The van der Waals surface area contributed by atoms with Gasteiger partial charge in [-0.05, 0) is 66.6 Å². The van der Waals surface area contributed by atoms with Crippen LogP contribution in [0.5, 0.6) is 0 Å². The summed E-state index contributed by atoms with van der Waals surface area (Å²) in [5.74, 6) is -0.862. The van der Waals surface area contributed by atoms with Crippen molar-refractivity contribution in [3.63, 3.8) is 0 Å². The fourth-order valence-electron chi connectivity index (χ4n) is 2.64. The number of benzene rings is 3. The standard InChI is InChI=1S/C22H20FN3O2/c23-17-7-11-19(12-8-17)26-22(28)16-2-1-3-20(14-16)25-21(27)13-6-15-4-9-18(24)10-5-15/h1-5,7-12,14H,6,13,24H2,(H,25,27)(H,26,28). The molecule has 3 aromatic rings. The molecule has 3 aromatic carbocycles. The van der Waals surface area contributed by atoms with Crippen LogP contribution in [0.15, 0.2) is 72.8 Å². The maximum Gasteiger partial charge on any atom is 0.255 e. The molecule has 4 N–H and O–H groups in total. The molecular weight excluding hydrogens is 357 g/mol. The van der Waals surface area contributed by atoms with Crippen molar-refractivity contribution in [2.45, 2.75) is 12.8 Å². The summed E-state index contributed by atoms with van der Waals surface area (Å²) >= 11 is 0. The lowest BCUT2D eigenvalue weighted by molar-refractivity contribution is -0.116. The third kappa shape index (κ3) is 5.41. The molecule has 0 aliphatic rings. The molecule has 0 saturated heterocycles. The van der Waals surface area contributed by atoms with E-state index >= 15 is 0 Å². The number of carbonyl (C=O) groups excluding carboxylic acids is 2. The van der Waals surface area contributed by atoms with Gasteiger partial charge in [0.15, 0.2) is 0 Å². The lowest BCUT2D eigenvalue weighted by Crippen LogP contribution is -2.15. The highest BCUT2D eigenvalue weighted by molar-refractivity contribution is 6.05. The van der Waals surface area contributed by atoms with Crippen LogP contribution in [0.25, 0.3) is 0 Å². The van der Waals surface area contributed by atoms with E-state index in [1.165, 1.54) is 24.3 Å². The van der Waals surface area contributed by atoms with Crippen LogP contribution in [-0.2, 0) is 11.2 Å². The lowest BCUT2D eigenvalue weighted by atomic mass is 10.1. The predicted octanol–water partition coefficient (Wildman–Crippen LogP) is 4.23. The molecule has 0 aromatic heterocycles. The Morgan fingerprint density at radius 3 is 2.29 bits per heavy atom. The van der Waals surface area contributed by atoms with Gasteiger partial charge in [-0.2, -0.15) is 0 Å². The van der Waals surface area contributed by atoms with Gasteiger partial charge in [0.2, 0.25) is 5.91 Å². The second-order valence-corrected chi connectivity index (χ2v) is 6.33. The number of hydrogen-bond donors (Lipinski definition) is 3. The van der Waals surface area contributed by atoms with Crippen LogP contribution in [0.3, 0.4) is 0 Å². The van der Waals surface area contributed by atoms with Crippen molar-refractivity contribution in [3.8, 4) is 0 Å². The van der Waals surface area contributed by atoms with E-state index in [-0.39, 0.29) is 17.6 Å². The minimum Gasteiger partial charge on any atom is -0.399 e. The molecule has 0 unspecified atom stereocenters. The predicted molar refractivity (Wildman–Crippen MR) is 109 cm³/mol. The second-order valence-electron chi connectivity index (χ2n) is 6.33. The summed E-state index contributed by atoms with van der Waals surface area (Å²) in [4.78, 5) is 24.5. The van der Waals surface area contributed by atoms with Gasteiger partial charge >= 0.3 is 0 Å². The molecule has 0 radical (unpaired) electrons. The van der Waals surface area contributed by atoms with Gasteiger partial charge in [-0.1, -0.05) is 18.2 Å². The molecule has 6 heteroatoms. The van der Waals surface area contributed by atoms with Crippen molar-refractivity contribution in [1.82, 2.24) is 0 Å². The average Bonchev–Trinajstić information content (AvgIpc) is 2.69. The first-order valence-electron chi connectivity index (χ1n) is 8.81. The minimum absolute atomic E-state index is 0.145. The minimum atomic E-state index is -0.373. The van der Waals surface area contributed by atoms with E-state index in [0.717, 1.165) is 5.56 Å². The Kier molecular flexibility index (Phi) is 6.01. The second kappa shape index (κ2) is 8.81. The summed E-state index contributed by atoms with van der Waals surface area (Å²) in [5.41, 5.74) is 8.77. The highest BCUT2D eigenvalue weighted by Gasteiger charge is 2.09. The summed E-state index contributed by atoms with van der Waals surface area (Å²) < 4.78 is 13.0. The molecule has 28 heavy (non-hydrogen) atoms. The number of anilines is 3. The van der Waals surface area contributed by atoms with E-state index in [0.29, 0.717) is 35.5 Å². The number of hydrogen-bond acceptors (Lipinski definition) is 3. The zero-order valence-electron chi connectivity index (χ0n) is 15.1. The van der Waals surface area contributed by atoms with Crippen LogP contribution in [0.1, 0.15) is 22.3 Å². The quantitative estimate of drug-likeness (QED) is 0.562. The van der Waals surface area contributed by atoms with Gasteiger partial charge in [0.05, 0.1) is 0 Å². The fraction of sp³-hybridized carbons (Fsp3) is 0.0909. The third-order valence-corrected chi connectivity index (χ3v) is 4.13. The molecule has 142 valence electrons. The van der Waals surface area contributed by atoms with Crippen LogP contribution >= 0.6 is 0 Å². The smallest absolute Gasteiger partial charge is 0.255 e. The van der Waals surface area contributed by atoms with Crippen LogP contribution in [0.4, 0.5) is 21.5 Å². The SMILES string of the molecule is Nc1ccc(CCC(=O)Nc2cccc(C(=O)Nc3ccc(F)cc3)c2)cc1. The molecular formula is C22H20FN3O2. The van der Waals surface area contributed by atoms with Crippen LogP contribution in [0.2, 0.25) is 0 Å². The number of halogens is 1. The molecule has 0 aliphatic heterocycles. The van der Waals surface area contributed by atoms with E-state index in [2.05, 4.69) is 10.6 Å². The third-order valence-electron chi connectivity index (χ3n) is 4.13. The molecule has 3 rings (SSSR count). The van der Waals surface area contributed by atoms with E-state index in [1.54, 1.807) is 36.4 Å². The maximum absolute atomic E-state index is 13.0. The van der Waals surface area contributed by atoms with Gasteiger partial charge in [0.1, 0.15) is 5.82 Å². The number of nitrogen functional groups attached to an aromatic ring is 1. The molecule has 0 spiro atoms. The molecule has 0 heterocycles. The summed E-state index contributed by atoms with van der Waals surface area (Å²) in [6, 6.07) is 19.5. The average molecular weight is 377 g/mol. The lowest BCUT2D eigenvalue weighted by Gasteiger charge is -2.09. The largest absolute Gasteiger partial charge is 0.399 e. The van der Waals surface area contributed by atoms with Gasteiger partial charge in [-0.15, -0.1) is 0 Å². The first-order valence-corrected chi connectivity index (χ1v) is 8.81. The Bertz CT molecular complexity index is 970. The zero-order chi connectivity index (χ0) is 19.9. The van der Waals surface area contributed by atoms with Crippen molar-refractivity contribution in [2.75, 3.05) is 16.4 Å². The normalized spacial score (nSPS) is 10.3. The van der Waals surface area contributed by atoms with Gasteiger partial charge in [-0.3, -0.25) is 9.59 Å². The number of rotatable bonds is 6. The van der Waals surface area contributed by atoms with Crippen LogP contribution in [-0.4, -0.2) is 11.8 Å². The topological polar surface area (TPSA) is 84.2 Å². The summed E-state index contributed by atoms with van der Waals surface area (Å²) in [7, 11) is 0. The Labute approximate surface area is 162 Å². The van der Waals surface area contributed by atoms with Crippen molar-refractivity contribution in [2.24, 2.45) is 0 Å². The summed E-state index contributed by atoms with van der Waals surface area (Å²) in [5, 5.41) is 5.49. The monoisotopic (exact) mass is 377 g/mol. The van der Waals surface area contributed by atoms with E-state index in [4.69, 9.17) is 5.73 Å². The Morgan fingerprint density at radius 1 is 0.857 bits per heavy atom. The summed E-state index contributed by atoms with van der Waals surface area (Å²) in [6.45, 7) is 0. The van der Waals surface area contributed by atoms with Crippen molar-refractivity contribution in [1.29, 1.82) is 0 Å².